The third-order valence-corrected chi connectivity index (χ3v) is 2.53. The molecule has 1 unspecified atom stereocenters. The Bertz CT molecular complexity index is 271. The third kappa shape index (κ3) is 3.51. The van der Waals surface area contributed by atoms with Crippen LogP contribution in [0.4, 0.5) is 0 Å². The smallest absolute Gasteiger partial charge is 0.00746 e. The van der Waals surface area contributed by atoms with Gasteiger partial charge in [-0.2, -0.15) is 0 Å². The molecule has 0 aliphatic heterocycles. The zero-order valence-electron chi connectivity index (χ0n) is 9.51. The lowest BCUT2D eigenvalue weighted by molar-refractivity contribution is 0.538. The van der Waals surface area contributed by atoms with Gasteiger partial charge in [0.05, 0.1) is 0 Å². The molecular weight excluding hydrogens is 170 g/mol. The van der Waals surface area contributed by atoms with E-state index in [4.69, 9.17) is 5.73 Å². The molecule has 0 aromatic heterocycles. The van der Waals surface area contributed by atoms with Crippen molar-refractivity contribution in [2.75, 3.05) is 6.54 Å². The van der Waals surface area contributed by atoms with E-state index in [1.165, 1.54) is 16.7 Å². The van der Waals surface area contributed by atoms with Gasteiger partial charge < -0.3 is 5.73 Å². The Labute approximate surface area is 87.3 Å². The summed E-state index contributed by atoms with van der Waals surface area (Å²) in [7, 11) is 0. The van der Waals surface area contributed by atoms with Crippen molar-refractivity contribution in [3.63, 3.8) is 0 Å². The van der Waals surface area contributed by atoms with Gasteiger partial charge in [0.2, 0.25) is 0 Å². The van der Waals surface area contributed by atoms with E-state index in [1.54, 1.807) is 0 Å². The van der Waals surface area contributed by atoms with E-state index in [0.717, 1.165) is 19.4 Å². The molecule has 1 aromatic rings. The van der Waals surface area contributed by atoms with E-state index in [1.807, 2.05) is 0 Å². The van der Waals surface area contributed by atoms with Gasteiger partial charge in [-0.15, -0.1) is 0 Å². The van der Waals surface area contributed by atoms with Crippen LogP contribution < -0.4 is 5.73 Å². The van der Waals surface area contributed by atoms with E-state index in [9.17, 15) is 0 Å². The van der Waals surface area contributed by atoms with Crippen LogP contribution in [0.5, 0.6) is 0 Å². The van der Waals surface area contributed by atoms with Gasteiger partial charge in [-0.3, -0.25) is 0 Å². The fourth-order valence-corrected chi connectivity index (χ4v) is 1.98. The van der Waals surface area contributed by atoms with Crippen molar-refractivity contribution in [3.05, 3.63) is 34.9 Å². The SMILES string of the molecule is Cc1cc(C)cc(CC(C)CCN)c1. The topological polar surface area (TPSA) is 26.0 Å². The van der Waals surface area contributed by atoms with Crippen LogP contribution in [0.1, 0.15) is 30.0 Å². The fraction of sp³-hybridized carbons (Fsp3) is 0.538. The molecule has 0 saturated carbocycles. The van der Waals surface area contributed by atoms with E-state index >= 15 is 0 Å². The first-order chi connectivity index (χ1) is 6.61. The summed E-state index contributed by atoms with van der Waals surface area (Å²) in [5, 5.41) is 0. The Kier molecular flexibility index (Phi) is 4.15. The van der Waals surface area contributed by atoms with Gasteiger partial charge in [0.25, 0.3) is 0 Å². The lowest BCUT2D eigenvalue weighted by atomic mass is 9.96. The van der Waals surface area contributed by atoms with Crippen molar-refractivity contribution in [2.24, 2.45) is 11.7 Å². The summed E-state index contributed by atoms with van der Waals surface area (Å²) >= 11 is 0. The van der Waals surface area contributed by atoms with Gasteiger partial charge in [0, 0.05) is 0 Å². The summed E-state index contributed by atoms with van der Waals surface area (Å²) in [6.07, 6.45) is 2.27. The lowest BCUT2D eigenvalue weighted by Gasteiger charge is -2.11. The summed E-state index contributed by atoms with van der Waals surface area (Å²) in [6.45, 7) is 7.38. The molecule has 1 nitrogen and oxygen atoms in total. The second-order valence-electron chi connectivity index (χ2n) is 4.38. The minimum atomic E-state index is 0.696. The molecule has 1 atom stereocenters. The fourth-order valence-electron chi connectivity index (χ4n) is 1.98. The van der Waals surface area contributed by atoms with Crippen molar-refractivity contribution in [1.29, 1.82) is 0 Å². The molecule has 0 aliphatic carbocycles. The van der Waals surface area contributed by atoms with Crippen molar-refractivity contribution in [3.8, 4) is 0 Å². The molecule has 0 amide bonds. The third-order valence-electron chi connectivity index (χ3n) is 2.53. The van der Waals surface area contributed by atoms with Gasteiger partial charge in [-0.1, -0.05) is 36.2 Å². The van der Waals surface area contributed by atoms with E-state index in [-0.39, 0.29) is 0 Å². The first-order valence-electron chi connectivity index (χ1n) is 5.39. The molecule has 78 valence electrons. The van der Waals surface area contributed by atoms with Gasteiger partial charge in [-0.25, -0.2) is 0 Å². The van der Waals surface area contributed by atoms with Crippen LogP contribution in [0.15, 0.2) is 18.2 Å². The van der Waals surface area contributed by atoms with Gasteiger partial charge in [-0.05, 0) is 44.7 Å². The molecular formula is C13H21N. The maximum absolute atomic E-state index is 5.54. The standard InChI is InChI=1S/C13H21N/c1-10(4-5-14)7-13-8-11(2)6-12(3)9-13/h6,8-10H,4-5,7,14H2,1-3H3. The monoisotopic (exact) mass is 191 g/mol. The normalized spacial score (nSPS) is 12.9. The first-order valence-corrected chi connectivity index (χ1v) is 5.39. The number of nitrogens with two attached hydrogens (primary N) is 1. The Balaban J connectivity index is 2.66. The van der Waals surface area contributed by atoms with E-state index in [2.05, 4.69) is 39.0 Å². The molecule has 0 bridgehead atoms. The zero-order valence-corrected chi connectivity index (χ0v) is 9.51. The predicted molar refractivity (Wildman–Crippen MR) is 62.5 cm³/mol. The lowest BCUT2D eigenvalue weighted by Crippen LogP contribution is -2.08. The number of hydrogen-bond donors (Lipinski definition) is 1. The van der Waals surface area contributed by atoms with Crippen molar-refractivity contribution in [2.45, 2.75) is 33.6 Å². The molecule has 0 spiro atoms. The molecule has 2 N–H and O–H groups in total. The summed E-state index contributed by atoms with van der Waals surface area (Å²) in [5.74, 6) is 0.696. The highest BCUT2D eigenvalue weighted by Gasteiger charge is 2.03. The largest absolute Gasteiger partial charge is 0.330 e. The van der Waals surface area contributed by atoms with E-state index < -0.39 is 0 Å². The highest BCUT2D eigenvalue weighted by molar-refractivity contribution is 5.28. The Hall–Kier alpha value is -0.820. The van der Waals surface area contributed by atoms with Crippen molar-refractivity contribution < 1.29 is 0 Å². The second kappa shape index (κ2) is 5.16. The average molecular weight is 191 g/mol. The first kappa shape index (κ1) is 11.3. The van der Waals surface area contributed by atoms with Gasteiger partial charge in [0.15, 0.2) is 0 Å². The quantitative estimate of drug-likeness (QED) is 0.778. The molecule has 1 rings (SSSR count). The van der Waals surface area contributed by atoms with Gasteiger partial charge >= 0.3 is 0 Å². The maximum Gasteiger partial charge on any atom is -0.00746 e. The van der Waals surface area contributed by atoms with Crippen LogP contribution >= 0.6 is 0 Å². The minimum absolute atomic E-state index is 0.696. The van der Waals surface area contributed by atoms with Crippen LogP contribution in [0.3, 0.4) is 0 Å². The second-order valence-corrected chi connectivity index (χ2v) is 4.38. The molecule has 0 heterocycles. The molecule has 1 aromatic carbocycles. The van der Waals surface area contributed by atoms with E-state index in [0.29, 0.717) is 5.92 Å². The van der Waals surface area contributed by atoms with Crippen LogP contribution in [-0.4, -0.2) is 6.54 Å². The Morgan fingerprint density at radius 2 is 1.71 bits per heavy atom. The summed E-state index contributed by atoms with van der Waals surface area (Å²) < 4.78 is 0. The summed E-state index contributed by atoms with van der Waals surface area (Å²) in [6, 6.07) is 6.77. The Morgan fingerprint density at radius 3 is 2.21 bits per heavy atom. The Morgan fingerprint density at radius 1 is 1.14 bits per heavy atom. The minimum Gasteiger partial charge on any atom is -0.330 e. The van der Waals surface area contributed by atoms with Gasteiger partial charge in [0.1, 0.15) is 0 Å². The highest BCUT2D eigenvalue weighted by atomic mass is 14.5. The molecule has 0 saturated heterocycles. The summed E-state index contributed by atoms with van der Waals surface area (Å²) in [4.78, 5) is 0. The zero-order chi connectivity index (χ0) is 10.6. The number of aryl methyl sites for hydroxylation is 2. The van der Waals surface area contributed by atoms with Crippen LogP contribution in [0.25, 0.3) is 0 Å². The summed E-state index contributed by atoms with van der Waals surface area (Å²) in [5.41, 5.74) is 9.71. The van der Waals surface area contributed by atoms with Crippen LogP contribution in [-0.2, 0) is 6.42 Å². The number of benzene rings is 1. The highest BCUT2D eigenvalue weighted by Crippen LogP contribution is 2.14. The van der Waals surface area contributed by atoms with Crippen LogP contribution in [0, 0.1) is 19.8 Å². The molecule has 1 heteroatoms. The number of rotatable bonds is 4. The number of hydrogen-bond acceptors (Lipinski definition) is 1. The predicted octanol–water partition coefficient (Wildman–Crippen LogP) is 2.83. The molecule has 0 fully saturated rings. The molecule has 14 heavy (non-hydrogen) atoms. The van der Waals surface area contributed by atoms with Crippen molar-refractivity contribution in [1.82, 2.24) is 0 Å². The molecule has 0 aliphatic rings. The molecule has 0 radical (unpaired) electrons. The van der Waals surface area contributed by atoms with Crippen molar-refractivity contribution >= 4 is 0 Å². The average Bonchev–Trinajstić information content (AvgIpc) is 2.01. The maximum atomic E-state index is 5.54. The van der Waals surface area contributed by atoms with Crippen LogP contribution in [0.2, 0.25) is 0 Å².